The fourth-order valence-electron chi connectivity index (χ4n) is 3.24. The van der Waals surface area contributed by atoms with Crippen LogP contribution in [0.2, 0.25) is 0 Å². The molecule has 0 aliphatic carbocycles. The van der Waals surface area contributed by atoms with Crippen LogP contribution in [0, 0.1) is 0 Å². The Morgan fingerprint density at radius 1 is 1.04 bits per heavy atom. The fraction of sp³-hybridized carbons (Fsp3) is 0.286. The number of nitrogens with zero attached hydrogens (tertiary/aromatic N) is 5. The lowest BCUT2D eigenvalue weighted by molar-refractivity contribution is 0.946. The van der Waals surface area contributed by atoms with Gasteiger partial charge in [-0.2, -0.15) is 0 Å². The van der Waals surface area contributed by atoms with Gasteiger partial charge in [0.15, 0.2) is 0 Å². The monoisotopic (exact) mass is 377 g/mol. The number of hydrogen-bond donors (Lipinski definition) is 0. The lowest BCUT2D eigenvalue weighted by atomic mass is 10.1. The Labute approximate surface area is 163 Å². The molecule has 5 nitrogen and oxygen atoms in total. The Balaban J connectivity index is 1.72. The van der Waals surface area contributed by atoms with Gasteiger partial charge in [0.1, 0.15) is 11.3 Å². The van der Waals surface area contributed by atoms with Gasteiger partial charge in [0.25, 0.3) is 0 Å². The molecule has 138 valence electrons. The van der Waals surface area contributed by atoms with E-state index in [1.165, 1.54) is 15.3 Å². The zero-order valence-electron chi connectivity index (χ0n) is 16.1. The van der Waals surface area contributed by atoms with Crippen molar-refractivity contribution < 1.29 is 0 Å². The summed E-state index contributed by atoms with van der Waals surface area (Å²) in [5, 5.41) is 0. The van der Waals surface area contributed by atoms with Gasteiger partial charge in [-0.25, -0.2) is 9.97 Å². The van der Waals surface area contributed by atoms with E-state index in [0.717, 1.165) is 41.1 Å². The van der Waals surface area contributed by atoms with Crippen molar-refractivity contribution >= 4 is 33.9 Å². The first-order valence-corrected chi connectivity index (χ1v) is 10.0. The summed E-state index contributed by atoms with van der Waals surface area (Å²) in [5.41, 5.74) is 5.37. The second-order valence-corrected chi connectivity index (χ2v) is 7.79. The fourth-order valence-corrected chi connectivity index (χ4v) is 4.16. The molecule has 4 rings (SSSR count). The number of rotatable bonds is 5. The summed E-state index contributed by atoms with van der Waals surface area (Å²) in [4.78, 5) is 18.4. The number of aromatic nitrogens is 4. The second kappa shape index (κ2) is 7.12. The van der Waals surface area contributed by atoms with Crippen LogP contribution in [-0.4, -0.2) is 26.6 Å². The third kappa shape index (κ3) is 3.21. The van der Waals surface area contributed by atoms with E-state index < -0.39 is 0 Å². The number of thiophene rings is 1. The van der Waals surface area contributed by atoms with Crippen molar-refractivity contribution in [2.24, 2.45) is 7.05 Å². The van der Waals surface area contributed by atoms with Crippen LogP contribution < -0.4 is 4.90 Å². The normalized spacial score (nSPS) is 11.3. The smallest absolute Gasteiger partial charge is 0.134 e. The molecule has 0 atom stereocenters. The van der Waals surface area contributed by atoms with Gasteiger partial charge in [-0.15, -0.1) is 11.3 Å². The summed E-state index contributed by atoms with van der Waals surface area (Å²) in [6, 6.07) is 8.65. The molecular formula is C21H23N5S. The highest BCUT2D eigenvalue weighted by molar-refractivity contribution is 7.15. The molecule has 0 fully saturated rings. The predicted molar refractivity (Wildman–Crippen MR) is 113 cm³/mol. The number of anilines is 2. The Kier molecular flexibility index (Phi) is 4.66. The number of hydrogen-bond acceptors (Lipinski definition) is 5. The first-order chi connectivity index (χ1) is 13.1. The minimum absolute atomic E-state index is 0.889. The summed E-state index contributed by atoms with van der Waals surface area (Å²) < 4.78 is 2.01. The molecule has 0 unspecified atom stereocenters. The molecule has 0 aliphatic rings. The zero-order valence-corrected chi connectivity index (χ0v) is 16.9. The van der Waals surface area contributed by atoms with Crippen LogP contribution >= 0.6 is 11.3 Å². The van der Waals surface area contributed by atoms with E-state index in [-0.39, 0.29) is 0 Å². The van der Waals surface area contributed by atoms with Crippen LogP contribution in [0.15, 0.2) is 43.0 Å². The van der Waals surface area contributed by atoms with Crippen LogP contribution in [-0.2, 0) is 19.9 Å². The van der Waals surface area contributed by atoms with Crippen LogP contribution in [0.5, 0.6) is 0 Å². The molecule has 4 aromatic heterocycles. The van der Waals surface area contributed by atoms with Gasteiger partial charge in [-0.05, 0) is 36.6 Å². The number of aryl methyl sites for hydroxylation is 3. The Morgan fingerprint density at radius 2 is 1.89 bits per heavy atom. The maximum Gasteiger partial charge on any atom is 0.134 e. The lowest BCUT2D eigenvalue weighted by Gasteiger charge is -2.21. The number of fused-ring (bicyclic) bond motifs is 1. The zero-order chi connectivity index (χ0) is 19.0. The van der Waals surface area contributed by atoms with E-state index in [1.54, 1.807) is 0 Å². The second-order valence-electron chi connectivity index (χ2n) is 6.62. The molecule has 0 aliphatic heterocycles. The molecule has 4 heterocycles. The molecule has 0 bridgehead atoms. The highest BCUT2D eigenvalue weighted by Crippen LogP contribution is 2.32. The SMILES string of the molecule is CCc1ccc(-c2cc(CC)c(N(C)c3cc4c(cn3)ncn4C)cn2)s1. The average Bonchev–Trinajstić information content (AvgIpc) is 3.33. The molecule has 6 heteroatoms. The van der Waals surface area contributed by atoms with Gasteiger partial charge in [0, 0.05) is 25.0 Å². The molecular weight excluding hydrogens is 354 g/mol. The van der Waals surface area contributed by atoms with Gasteiger partial charge in [0.2, 0.25) is 0 Å². The molecule has 0 N–H and O–H groups in total. The molecule has 4 aromatic rings. The summed E-state index contributed by atoms with van der Waals surface area (Å²) >= 11 is 1.82. The van der Waals surface area contributed by atoms with E-state index in [4.69, 9.17) is 4.98 Å². The Bertz CT molecular complexity index is 1100. The van der Waals surface area contributed by atoms with E-state index in [1.807, 2.05) is 48.7 Å². The highest BCUT2D eigenvalue weighted by atomic mass is 32.1. The summed E-state index contributed by atoms with van der Waals surface area (Å²) in [5.74, 6) is 0.889. The average molecular weight is 378 g/mol. The molecule has 0 amide bonds. The van der Waals surface area contributed by atoms with Crippen LogP contribution in [0.25, 0.3) is 21.6 Å². The summed E-state index contributed by atoms with van der Waals surface area (Å²) in [7, 11) is 4.04. The molecule has 0 saturated heterocycles. The first kappa shape index (κ1) is 17.7. The molecule has 27 heavy (non-hydrogen) atoms. The van der Waals surface area contributed by atoms with Gasteiger partial charge in [-0.3, -0.25) is 4.98 Å². The van der Waals surface area contributed by atoms with E-state index in [2.05, 4.69) is 53.0 Å². The van der Waals surface area contributed by atoms with Crippen LogP contribution in [0.4, 0.5) is 11.5 Å². The minimum Gasteiger partial charge on any atom is -0.334 e. The van der Waals surface area contributed by atoms with Crippen molar-refractivity contribution in [3.63, 3.8) is 0 Å². The van der Waals surface area contributed by atoms with Crippen LogP contribution in [0.1, 0.15) is 24.3 Å². The van der Waals surface area contributed by atoms with Gasteiger partial charge in [-0.1, -0.05) is 13.8 Å². The summed E-state index contributed by atoms with van der Waals surface area (Å²) in [6.07, 6.45) is 7.61. The highest BCUT2D eigenvalue weighted by Gasteiger charge is 2.14. The van der Waals surface area contributed by atoms with Crippen LogP contribution in [0.3, 0.4) is 0 Å². The van der Waals surface area contributed by atoms with Crippen molar-refractivity contribution in [1.82, 2.24) is 19.5 Å². The maximum atomic E-state index is 4.75. The number of pyridine rings is 2. The quantitative estimate of drug-likeness (QED) is 0.492. The van der Waals surface area contributed by atoms with Gasteiger partial charge in [0.05, 0.1) is 40.5 Å². The topological polar surface area (TPSA) is 46.8 Å². The third-order valence-electron chi connectivity index (χ3n) is 4.91. The molecule has 0 aromatic carbocycles. The standard InChI is InChI=1S/C21H23N5S/c1-5-14-9-16(20-8-7-15(6-2)27-20)22-12-19(14)26(4)21-10-18-17(11-23-21)24-13-25(18)3/h7-13H,5-6H2,1-4H3. The third-order valence-corrected chi connectivity index (χ3v) is 6.16. The molecule has 0 radical (unpaired) electrons. The van der Waals surface area contributed by atoms with Crippen molar-refractivity contribution in [3.05, 3.63) is 53.4 Å². The van der Waals surface area contributed by atoms with Gasteiger partial charge >= 0.3 is 0 Å². The largest absolute Gasteiger partial charge is 0.334 e. The van der Waals surface area contributed by atoms with Crippen molar-refractivity contribution in [3.8, 4) is 10.6 Å². The van der Waals surface area contributed by atoms with Crippen molar-refractivity contribution in [1.29, 1.82) is 0 Å². The van der Waals surface area contributed by atoms with Crippen molar-refractivity contribution in [2.75, 3.05) is 11.9 Å². The van der Waals surface area contributed by atoms with E-state index in [0.29, 0.717) is 0 Å². The van der Waals surface area contributed by atoms with Gasteiger partial charge < -0.3 is 9.47 Å². The Hall–Kier alpha value is -2.73. The molecule has 0 saturated carbocycles. The predicted octanol–water partition coefficient (Wildman–Crippen LogP) is 4.98. The molecule has 0 spiro atoms. The summed E-state index contributed by atoms with van der Waals surface area (Å²) in [6.45, 7) is 4.37. The minimum atomic E-state index is 0.889. The van der Waals surface area contributed by atoms with E-state index >= 15 is 0 Å². The number of imidazole rings is 1. The maximum absolute atomic E-state index is 4.75. The van der Waals surface area contributed by atoms with E-state index in [9.17, 15) is 0 Å². The Morgan fingerprint density at radius 3 is 2.63 bits per heavy atom. The first-order valence-electron chi connectivity index (χ1n) is 9.19. The van der Waals surface area contributed by atoms with Crippen molar-refractivity contribution in [2.45, 2.75) is 26.7 Å². The lowest BCUT2D eigenvalue weighted by Crippen LogP contribution is -2.14.